The zero-order valence-corrected chi connectivity index (χ0v) is 7.29. The SMILES string of the molecule is CC(C)(C)C[C@H]1CN1C(=O)O. The number of amides is 1. The van der Waals surface area contributed by atoms with Crippen LogP contribution in [-0.4, -0.2) is 28.7 Å². The van der Waals surface area contributed by atoms with Gasteiger partial charge in [0.05, 0.1) is 6.04 Å². The van der Waals surface area contributed by atoms with E-state index in [1.54, 1.807) is 0 Å². The van der Waals surface area contributed by atoms with E-state index in [9.17, 15) is 4.79 Å². The van der Waals surface area contributed by atoms with E-state index in [1.807, 2.05) is 0 Å². The molecule has 1 N–H and O–H groups in total. The van der Waals surface area contributed by atoms with Crippen LogP contribution in [0.15, 0.2) is 0 Å². The molecule has 0 aliphatic carbocycles. The molecule has 1 rings (SSSR count). The highest BCUT2D eigenvalue weighted by Gasteiger charge is 2.40. The summed E-state index contributed by atoms with van der Waals surface area (Å²) in [6.45, 7) is 7.12. The summed E-state index contributed by atoms with van der Waals surface area (Å²) in [5, 5.41) is 8.55. The lowest BCUT2D eigenvalue weighted by Gasteiger charge is -2.16. The maximum Gasteiger partial charge on any atom is 0.407 e. The molecule has 1 fully saturated rings. The Hall–Kier alpha value is -0.730. The van der Waals surface area contributed by atoms with E-state index in [4.69, 9.17) is 5.11 Å². The van der Waals surface area contributed by atoms with E-state index in [0.29, 0.717) is 0 Å². The van der Waals surface area contributed by atoms with Gasteiger partial charge < -0.3 is 10.0 Å². The highest BCUT2D eigenvalue weighted by Crippen LogP contribution is 2.30. The van der Waals surface area contributed by atoms with Gasteiger partial charge >= 0.3 is 6.09 Å². The molecule has 1 atom stereocenters. The first-order chi connectivity index (χ1) is 4.90. The second-order valence-corrected chi connectivity index (χ2v) is 4.35. The van der Waals surface area contributed by atoms with Gasteiger partial charge in [0.1, 0.15) is 0 Å². The predicted octanol–water partition coefficient (Wildman–Crippen LogP) is 1.78. The van der Waals surface area contributed by atoms with E-state index in [0.717, 1.165) is 13.0 Å². The van der Waals surface area contributed by atoms with Crippen LogP contribution in [0.5, 0.6) is 0 Å². The summed E-state index contributed by atoms with van der Waals surface area (Å²) in [6, 6.07) is 0.285. The van der Waals surface area contributed by atoms with E-state index < -0.39 is 6.09 Å². The van der Waals surface area contributed by atoms with E-state index in [-0.39, 0.29) is 11.5 Å². The molecule has 11 heavy (non-hydrogen) atoms. The lowest BCUT2D eigenvalue weighted by atomic mass is 9.90. The van der Waals surface area contributed by atoms with E-state index >= 15 is 0 Å². The van der Waals surface area contributed by atoms with E-state index in [2.05, 4.69) is 20.8 Å². The number of carboxylic acid groups (broad SMARTS) is 1. The molecule has 1 heterocycles. The number of rotatable bonds is 1. The molecule has 1 aliphatic rings. The van der Waals surface area contributed by atoms with Gasteiger partial charge in [0.2, 0.25) is 0 Å². The van der Waals surface area contributed by atoms with Gasteiger partial charge in [-0.3, -0.25) is 0 Å². The Labute approximate surface area is 67.0 Å². The fourth-order valence-corrected chi connectivity index (χ4v) is 1.30. The third kappa shape index (κ3) is 2.41. The predicted molar refractivity (Wildman–Crippen MR) is 42.6 cm³/mol. The van der Waals surface area contributed by atoms with Crippen molar-refractivity contribution < 1.29 is 9.90 Å². The van der Waals surface area contributed by atoms with Crippen LogP contribution in [0.4, 0.5) is 4.79 Å². The largest absolute Gasteiger partial charge is 0.465 e. The van der Waals surface area contributed by atoms with Gasteiger partial charge in [-0.2, -0.15) is 0 Å². The zero-order chi connectivity index (χ0) is 8.65. The van der Waals surface area contributed by atoms with Crippen molar-refractivity contribution in [3.05, 3.63) is 0 Å². The first kappa shape index (κ1) is 8.37. The molecule has 1 amide bonds. The Morgan fingerprint density at radius 1 is 1.64 bits per heavy atom. The lowest BCUT2D eigenvalue weighted by molar-refractivity contribution is 0.174. The number of hydrogen-bond acceptors (Lipinski definition) is 1. The number of nitrogens with zero attached hydrogens (tertiary/aromatic N) is 1. The van der Waals surface area contributed by atoms with Crippen molar-refractivity contribution in [3.63, 3.8) is 0 Å². The first-order valence-electron chi connectivity index (χ1n) is 3.90. The van der Waals surface area contributed by atoms with Crippen molar-refractivity contribution in [2.75, 3.05) is 6.54 Å². The van der Waals surface area contributed by atoms with Crippen LogP contribution in [0, 0.1) is 5.41 Å². The Balaban J connectivity index is 2.29. The second-order valence-electron chi connectivity index (χ2n) is 4.35. The average molecular weight is 157 g/mol. The monoisotopic (exact) mass is 157 g/mol. The van der Waals surface area contributed by atoms with Gasteiger partial charge in [-0.25, -0.2) is 4.79 Å². The molecule has 0 radical (unpaired) electrons. The minimum Gasteiger partial charge on any atom is -0.465 e. The van der Waals surface area contributed by atoms with Crippen molar-refractivity contribution in [2.45, 2.75) is 33.2 Å². The lowest BCUT2D eigenvalue weighted by Crippen LogP contribution is -2.15. The molecule has 1 aliphatic heterocycles. The smallest absolute Gasteiger partial charge is 0.407 e. The van der Waals surface area contributed by atoms with Gasteiger partial charge in [-0.1, -0.05) is 20.8 Å². The molecule has 0 saturated carbocycles. The highest BCUT2D eigenvalue weighted by molar-refractivity contribution is 5.68. The maximum absolute atomic E-state index is 10.4. The Bertz CT molecular complexity index is 171. The molecule has 0 aromatic carbocycles. The molecule has 64 valence electrons. The van der Waals surface area contributed by atoms with Crippen molar-refractivity contribution >= 4 is 6.09 Å². The second kappa shape index (κ2) is 2.40. The number of carbonyl (C=O) groups is 1. The minimum atomic E-state index is -0.778. The summed E-state index contributed by atoms with van der Waals surface area (Å²) in [4.78, 5) is 11.9. The van der Waals surface area contributed by atoms with Crippen LogP contribution in [0.1, 0.15) is 27.2 Å². The van der Waals surface area contributed by atoms with Gasteiger partial charge in [0.15, 0.2) is 0 Å². The summed E-state index contributed by atoms with van der Waals surface area (Å²) < 4.78 is 0. The summed E-state index contributed by atoms with van der Waals surface area (Å²) in [6.07, 6.45) is 0.193. The summed E-state index contributed by atoms with van der Waals surface area (Å²) in [5.74, 6) is 0. The standard InChI is InChI=1S/C8H15NO2/c1-8(2,3)4-6-5-9(6)7(10)11/h6H,4-5H2,1-3H3,(H,10,11)/t6-,9?/m0/s1. The van der Waals surface area contributed by atoms with Gasteiger partial charge in [-0.05, 0) is 11.8 Å². The van der Waals surface area contributed by atoms with Crippen LogP contribution in [0.2, 0.25) is 0 Å². The Morgan fingerprint density at radius 3 is 2.45 bits per heavy atom. The molecular formula is C8H15NO2. The average Bonchev–Trinajstić information content (AvgIpc) is 2.40. The van der Waals surface area contributed by atoms with Gasteiger partial charge in [0, 0.05) is 6.54 Å². The summed E-state index contributed by atoms with van der Waals surface area (Å²) >= 11 is 0. The van der Waals surface area contributed by atoms with Crippen molar-refractivity contribution in [1.29, 1.82) is 0 Å². The van der Waals surface area contributed by atoms with Gasteiger partial charge in [0.25, 0.3) is 0 Å². The van der Waals surface area contributed by atoms with Crippen LogP contribution in [0.3, 0.4) is 0 Å². The summed E-state index contributed by atoms with van der Waals surface area (Å²) in [7, 11) is 0. The Morgan fingerprint density at radius 2 is 2.18 bits per heavy atom. The zero-order valence-electron chi connectivity index (χ0n) is 7.29. The maximum atomic E-state index is 10.4. The Kier molecular flexibility index (Phi) is 1.82. The van der Waals surface area contributed by atoms with Crippen LogP contribution >= 0.6 is 0 Å². The van der Waals surface area contributed by atoms with Crippen molar-refractivity contribution in [3.8, 4) is 0 Å². The molecule has 3 nitrogen and oxygen atoms in total. The molecule has 0 spiro atoms. The van der Waals surface area contributed by atoms with Crippen molar-refractivity contribution in [2.24, 2.45) is 5.41 Å². The fraction of sp³-hybridized carbons (Fsp3) is 0.875. The fourth-order valence-electron chi connectivity index (χ4n) is 1.30. The molecule has 0 bridgehead atoms. The van der Waals surface area contributed by atoms with E-state index in [1.165, 1.54) is 4.90 Å². The number of hydrogen-bond donors (Lipinski definition) is 1. The van der Waals surface area contributed by atoms with Crippen LogP contribution < -0.4 is 0 Å². The molecule has 1 saturated heterocycles. The quantitative estimate of drug-likeness (QED) is 0.589. The van der Waals surface area contributed by atoms with Crippen LogP contribution in [-0.2, 0) is 0 Å². The molecule has 3 heteroatoms. The molecule has 0 unspecified atom stereocenters. The molecular weight excluding hydrogens is 142 g/mol. The topological polar surface area (TPSA) is 40.3 Å². The normalized spacial score (nSPS) is 23.5. The van der Waals surface area contributed by atoms with Gasteiger partial charge in [-0.15, -0.1) is 0 Å². The molecule has 0 aromatic heterocycles. The van der Waals surface area contributed by atoms with Crippen LogP contribution in [0.25, 0.3) is 0 Å². The highest BCUT2D eigenvalue weighted by atomic mass is 16.4. The third-order valence-electron chi connectivity index (χ3n) is 1.81. The third-order valence-corrected chi connectivity index (χ3v) is 1.81. The molecule has 0 aromatic rings. The summed E-state index contributed by atoms with van der Waals surface area (Å²) in [5.41, 5.74) is 0.245. The van der Waals surface area contributed by atoms with Crippen molar-refractivity contribution in [1.82, 2.24) is 4.90 Å². The minimum absolute atomic E-state index is 0.245. The first-order valence-corrected chi connectivity index (χ1v) is 3.90.